The van der Waals surface area contributed by atoms with Gasteiger partial charge in [-0.25, -0.2) is 0 Å². The first-order chi connectivity index (χ1) is 9.33. The number of carbonyl (C=O) groups excluding carboxylic acids is 1. The Balaban J connectivity index is 1.87. The minimum Gasteiger partial charge on any atom is -0.356 e. The van der Waals surface area contributed by atoms with Crippen LogP contribution in [0.2, 0.25) is 0 Å². The van der Waals surface area contributed by atoms with Crippen molar-refractivity contribution in [1.29, 1.82) is 0 Å². The van der Waals surface area contributed by atoms with Gasteiger partial charge < -0.3 is 10.6 Å². The fraction of sp³-hybridized carbons (Fsp3) is 0.938. The number of hydrogen-bond acceptors (Lipinski definition) is 2. The Morgan fingerprint density at radius 2 is 1.95 bits per heavy atom. The largest absolute Gasteiger partial charge is 0.356 e. The molecule has 2 N–H and O–H groups in total. The number of amides is 1. The molecule has 0 radical (unpaired) electrons. The average Bonchev–Trinajstić information content (AvgIpc) is 2.44. The van der Waals surface area contributed by atoms with E-state index in [2.05, 4.69) is 17.6 Å². The molecule has 1 aliphatic rings. The van der Waals surface area contributed by atoms with Crippen molar-refractivity contribution in [1.82, 2.24) is 10.6 Å². The smallest absolute Gasteiger partial charge is 0.219 e. The first-order valence-corrected chi connectivity index (χ1v) is 8.33. The third-order valence-electron chi connectivity index (χ3n) is 3.98. The van der Waals surface area contributed by atoms with E-state index in [-0.39, 0.29) is 5.91 Å². The second kappa shape index (κ2) is 11.3. The van der Waals surface area contributed by atoms with Crippen LogP contribution in [0.5, 0.6) is 0 Å². The van der Waals surface area contributed by atoms with Crippen LogP contribution in [0.1, 0.15) is 77.6 Å². The molecular weight excluding hydrogens is 236 g/mol. The molecule has 0 aromatic carbocycles. The summed E-state index contributed by atoms with van der Waals surface area (Å²) in [5, 5.41) is 6.57. The summed E-state index contributed by atoms with van der Waals surface area (Å²) in [4.78, 5) is 11.6. The molecule has 0 aliphatic carbocycles. The summed E-state index contributed by atoms with van der Waals surface area (Å²) in [6, 6.07) is 0.628. The lowest BCUT2D eigenvalue weighted by Gasteiger charge is -2.23. The van der Waals surface area contributed by atoms with Crippen molar-refractivity contribution in [3.63, 3.8) is 0 Å². The van der Waals surface area contributed by atoms with Crippen LogP contribution < -0.4 is 10.6 Å². The third kappa shape index (κ3) is 9.04. The minimum atomic E-state index is 0.242. The van der Waals surface area contributed by atoms with E-state index in [9.17, 15) is 4.79 Å². The van der Waals surface area contributed by atoms with E-state index in [1.165, 1.54) is 51.4 Å². The molecule has 0 bridgehead atoms. The van der Waals surface area contributed by atoms with E-state index in [1.54, 1.807) is 0 Å². The monoisotopic (exact) mass is 268 g/mol. The van der Waals surface area contributed by atoms with Crippen LogP contribution in [0.15, 0.2) is 0 Å². The predicted molar refractivity (Wildman–Crippen MR) is 81.3 cm³/mol. The van der Waals surface area contributed by atoms with Gasteiger partial charge in [0, 0.05) is 19.0 Å². The topological polar surface area (TPSA) is 41.1 Å². The molecule has 1 rings (SSSR count). The quantitative estimate of drug-likeness (QED) is 0.596. The van der Waals surface area contributed by atoms with Crippen LogP contribution in [-0.2, 0) is 4.79 Å². The highest BCUT2D eigenvalue weighted by atomic mass is 16.1. The second-order valence-corrected chi connectivity index (χ2v) is 5.80. The summed E-state index contributed by atoms with van der Waals surface area (Å²) in [5.74, 6) is 0.242. The molecule has 1 fully saturated rings. The summed E-state index contributed by atoms with van der Waals surface area (Å²) in [6.45, 7) is 4.22. The standard InChI is InChI=1S/C16H32N2O/c1-2-3-4-5-6-7-11-16(19)18-14-12-15-10-8-9-13-17-15/h15,17H,2-14H2,1H3,(H,18,19). The summed E-state index contributed by atoms with van der Waals surface area (Å²) < 4.78 is 0. The van der Waals surface area contributed by atoms with Gasteiger partial charge >= 0.3 is 0 Å². The van der Waals surface area contributed by atoms with Crippen LogP contribution in [0.4, 0.5) is 0 Å². The predicted octanol–water partition coefficient (Wildman–Crippen LogP) is 3.39. The van der Waals surface area contributed by atoms with Crippen molar-refractivity contribution in [3.05, 3.63) is 0 Å². The summed E-state index contributed by atoms with van der Waals surface area (Å²) in [6.07, 6.45) is 13.2. The van der Waals surface area contributed by atoms with Crippen molar-refractivity contribution < 1.29 is 4.79 Å². The maximum atomic E-state index is 11.6. The molecule has 112 valence electrons. The highest BCUT2D eigenvalue weighted by Gasteiger charge is 2.12. The number of hydrogen-bond donors (Lipinski definition) is 2. The highest BCUT2D eigenvalue weighted by molar-refractivity contribution is 5.75. The Hall–Kier alpha value is -0.570. The molecule has 1 atom stereocenters. The zero-order chi connectivity index (χ0) is 13.8. The van der Waals surface area contributed by atoms with Gasteiger partial charge in [0.05, 0.1) is 0 Å². The molecular formula is C16H32N2O. The number of piperidine rings is 1. The number of rotatable bonds is 10. The van der Waals surface area contributed by atoms with E-state index in [0.29, 0.717) is 12.5 Å². The Bertz CT molecular complexity index is 225. The van der Waals surface area contributed by atoms with Gasteiger partial charge in [-0.1, -0.05) is 45.4 Å². The fourth-order valence-corrected chi connectivity index (χ4v) is 2.71. The van der Waals surface area contributed by atoms with Gasteiger partial charge in [0.25, 0.3) is 0 Å². The van der Waals surface area contributed by atoms with Gasteiger partial charge in [0.15, 0.2) is 0 Å². The second-order valence-electron chi connectivity index (χ2n) is 5.80. The number of carbonyl (C=O) groups is 1. The van der Waals surface area contributed by atoms with Gasteiger partial charge in [-0.3, -0.25) is 4.79 Å². The van der Waals surface area contributed by atoms with Crippen molar-refractivity contribution in [2.75, 3.05) is 13.1 Å². The van der Waals surface area contributed by atoms with E-state index in [4.69, 9.17) is 0 Å². The maximum absolute atomic E-state index is 11.6. The molecule has 0 saturated carbocycles. The molecule has 1 saturated heterocycles. The average molecular weight is 268 g/mol. The van der Waals surface area contributed by atoms with E-state index >= 15 is 0 Å². The summed E-state index contributed by atoms with van der Waals surface area (Å²) in [7, 11) is 0. The van der Waals surface area contributed by atoms with Gasteiger partial charge in [0.1, 0.15) is 0 Å². The van der Waals surface area contributed by atoms with Crippen LogP contribution in [0, 0.1) is 0 Å². The van der Waals surface area contributed by atoms with Gasteiger partial charge in [-0.2, -0.15) is 0 Å². The van der Waals surface area contributed by atoms with E-state index in [0.717, 1.165) is 25.9 Å². The maximum Gasteiger partial charge on any atom is 0.219 e. The first kappa shape index (κ1) is 16.5. The molecule has 0 aromatic rings. The Morgan fingerprint density at radius 1 is 1.16 bits per heavy atom. The molecule has 3 heteroatoms. The number of nitrogens with one attached hydrogen (secondary N) is 2. The van der Waals surface area contributed by atoms with E-state index in [1.807, 2.05) is 0 Å². The normalized spacial score (nSPS) is 19.3. The molecule has 1 unspecified atom stereocenters. The zero-order valence-electron chi connectivity index (χ0n) is 12.7. The molecule has 3 nitrogen and oxygen atoms in total. The van der Waals surface area contributed by atoms with Crippen molar-refractivity contribution in [3.8, 4) is 0 Å². The molecule has 0 aromatic heterocycles. The SMILES string of the molecule is CCCCCCCCC(=O)NCCC1CCCCN1. The molecule has 1 amide bonds. The molecule has 0 spiro atoms. The lowest BCUT2D eigenvalue weighted by atomic mass is 10.0. The first-order valence-electron chi connectivity index (χ1n) is 8.33. The third-order valence-corrected chi connectivity index (χ3v) is 3.98. The highest BCUT2D eigenvalue weighted by Crippen LogP contribution is 2.09. The lowest BCUT2D eigenvalue weighted by molar-refractivity contribution is -0.121. The minimum absolute atomic E-state index is 0.242. The number of unbranched alkanes of at least 4 members (excludes halogenated alkanes) is 5. The Morgan fingerprint density at radius 3 is 2.68 bits per heavy atom. The van der Waals surface area contributed by atoms with Crippen LogP contribution >= 0.6 is 0 Å². The molecule has 1 aliphatic heterocycles. The zero-order valence-corrected chi connectivity index (χ0v) is 12.7. The van der Waals surface area contributed by atoms with Gasteiger partial charge in [0.2, 0.25) is 5.91 Å². The van der Waals surface area contributed by atoms with Crippen molar-refractivity contribution in [2.24, 2.45) is 0 Å². The Labute approximate surface area is 118 Å². The van der Waals surface area contributed by atoms with Gasteiger partial charge in [-0.05, 0) is 32.2 Å². The fourth-order valence-electron chi connectivity index (χ4n) is 2.71. The van der Waals surface area contributed by atoms with Crippen LogP contribution in [0.3, 0.4) is 0 Å². The summed E-state index contributed by atoms with van der Waals surface area (Å²) >= 11 is 0. The molecule has 19 heavy (non-hydrogen) atoms. The summed E-state index contributed by atoms with van der Waals surface area (Å²) in [5.41, 5.74) is 0. The lowest BCUT2D eigenvalue weighted by Crippen LogP contribution is -2.37. The van der Waals surface area contributed by atoms with Crippen LogP contribution in [-0.4, -0.2) is 25.0 Å². The molecule has 1 heterocycles. The van der Waals surface area contributed by atoms with Crippen molar-refractivity contribution in [2.45, 2.75) is 83.6 Å². The van der Waals surface area contributed by atoms with Crippen molar-refractivity contribution >= 4 is 5.91 Å². The van der Waals surface area contributed by atoms with Gasteiger partial charge in [-0.15, -0.1) is 0 Å². The Kier molecular flexibility index (Phi) is 9.78. The van der Waals surface area contributed by atoms with E-state index < -0.39 is 0 Å². The van der Waals surface area contributed by atoms with Crippen LogP contribution in [0.25, 0.3) is 0 Å².